The first-order valence-electron chi connectivity index (χ1n) is 7.26. The van der Waals surface area contributed by atoms with Crippen molar-refractivity contribution >= 4 is 23.4 Å². The fourth-order valence-electron chi connectivity index (χ4n) is 2.79. The van der Waals surface area contributed by atoms with Crippen LogP contribution in [0.3, 0.4) is 0 Å². The topological polar surface area (TPSA) is 49.4 Å². The van der Waals surface area contributed by atoms with Crippen molar-refractivity contribution in [1.82, 2.24) is 10.2 Å². The minimum atomic E-state index is -0.842. The second kappa shape index (κ2) is 5.02. The Hall–Kier alpha value is -1.55. The number of rotatable bonds is 3. The van der Waals surface area contributed by atoms with Crippen LogP contribution in [-0.2, 0) is 16.1 Å². The molecule has 5 heteroatoms. The summed E-state index contributed by atoms with van der Waals surface area (Å²) in [6, 6.07) is 7.06. The molecular weight excluding hydrogens is 288 g/mol. The number of nitrogens with one attached hydrogen (secondary N) is 1. The highest BCUT2D eigenvalue weighted by Gasteiger charge is 2.50. The molecule has 1 unspecified atom stereocenters. The van der Waals surface area contributed by atoms with Crippen molar-refractivity contribution in [1.29, 1.82) is 0 Å². The van der Waals surface area contributed by atoms with Gasteiger partial charge in [0.2, 0.25) is 11.8 Å². The van der Waals surface area contributed by atoms with Crippen molar-refractivity contribution < 1.29 is 9.59 Å². The molecule has 1 saturated carbocycles. The minimum absolute atomic E-state index is 0.0158. The molecule has 0 aromatic heterocycles. The fourth-order valence-corrected chi connectivity index (χ4v) is 3.00. The quantitative estimate of drug-likeness (QED) is 0.932. The largest absolute Gasteiger partial charge is 0.342 e. The molecule has 1 N–H and O–H groups in total. The van der Waals surface area contributed by atoms with E-state index in [1.807, 2.05) is 18.2 Å². The molecule has 21 heavy (non-hydrogen) atoms. The van der Waals surface area contributed by atoms with E-state index < -0.39 is 5.54 Å². The Morgan fingerprint density at radius 2 is 2.05 bits per heavy atom. The Morgan fingerprint density at radius 1 is 1.33 bits per heavy atom. The average molecular weight is 307 g/mol. The van der Waals surface area contributed by atoms with E-state index in [4.69, 9.17) is 11.6 Å². The molecule has 1 aromatic rings. The van der Waals surface area contributed by atoms with Crippen LogP contribution >= 0.6 is 11.6 Å². The first kappa shape index (κ1) is 14.4. The third-order valence-corrected chi connectivity index (χ3v) is 4.61. The van der Waals surface area contributed by atoms with Crippen LogP contribution in [0.4, 0.5) is 0 Å². The summed E-state index contributed by atoms with van der Waals surface area (Å²) in [5.41, 5.74) is 0.0957. The van der Waals surface area contributed by atoms with Gasteiger partial charge < -0.3 is 10.2 Å². The van der Waals surface area contributed by atoms with Crippen molar-refractivity contribution in [3.05, 3.63) is 34.9 Å². The van der Waals surface area contributed by atoms with Crippen LogP contribution in [0.1, 0.15) is 32.3 Å². The molecule has 1 aliphatic carbocycles. The summed E-state index contributed by atoms with van der Waals surface area (Å²) in [7, 11) is 0. The van der Waals surface area contributed by atoms with Gasteiger partial charge in [-0.1, -0.05) is 23.7 Å². The summed E-state index contributed by atoms with van der Waals surface area (Å²) in [5, 5.41) is 3.53. The predicted octanol–water partition coefficient (Wildman–Crippen LogP) is 2.36. The van der Waals surface area contributed by atoms with E-state index in [1.54, 1.807) is 24.8 Å². The molecule has 2 amide bonds. The molecule has 0 bridgehead atoms. The molecule has 1 heterocycles. The summed E-state index contributed by atoms with van der Waals surface area (Å²) in [4.78, 5) is 26.8. The van der Waals surface area contributed by atoms with Gasteiger partial charge in [0.1, 0.15) is 11.6 Å². The van der Waals surface area contributed by atoms with Gasteiger partial charge in [0, 0.05) is 11.6 Å². The molecule has 3 rings (SSSR count). The Balaban J connectivity index is 1.88. The smallest absolute Gasteiger partial charge is 0.246 e. The van der Waals surface area contributed by atoms with Crippen LogP contribution < -0.4 is 5.32 Å². The Bertz CT molecular complexity index is 596. The van der Waals surface area contributed by atoms with E-state index >= 15 is 0 Å². The maximum absolute atomic E-state index is 12.7. The minimum Gasteiger partial charge on any atom is -0.342 e. The van der Waals surface area contributed by atoms with Gasteiger partial charge in [-0.25, -0.2) is 0 Å². The number of carbonyl (C=O) groups excluding carboxylic acids is 2. The molecule has 1 aromatic carbocycles. The van der Waals surface area contributed by atoms with Crippen molar-refractivity contribution in [2.75, 3.05) is 0 Å². The molecule has 1 saturated heterocycles. The van der Waals surface area contributed by atoms with Gasteiger partial charge in [-0.05, 0) is 50.3 Å². The molecule has 2 aliphatic rings. The molecule has 0 spiro atoms. The summed E-state index contributed by atoms with van der Waals surface area (Å²) in [5.74, 6) is 0.238. The van der Waals surface area contributed by atoms with E-state index in [-0.39, 0.29) is 17.9 Å². The highest BCUT2D eigenvalue weighted by atomic mass is 35.5. The van der Waals surface area contributed by atoms with E-state index in [0.29, 0.717) is 17.5 Å². The lowest BCUT2D eigenvalue weighted by Crippen LogP contribution is -2.68. The summed E-state index contributed by atoms with van der Waals surface area (Å²) < 4.78 is 0. The van der Waals surface area contributed by atoms with E-state index in [1.165, 1.54) is 0 Å². The standard InChI is InChI=1S/C16H19ClN2O2/c1-16(2)15(21)18-13(11-6-7-11)14(20)19(16)9-10-4-3-5-12(17)8-10/h3-5,8,11,13H,6-7,9H2,1-2H3,(H,18,21). The molecule has 112 valence electrons. The highest BCUT2D eigenvalue weighted by molar-refractivity contribution is 6.30. The molecular formula is C16H19ClN2O2. The number of hydrogen-bond acceptors (Lipinski definition) is 2. The maximum atomic E-state index is 12.7. The van der Waals surface area contributed by atoms with Crippen LogP contribution in [0.5, 0.6) is 0 Å². The maximum Gasteiger partial charge on any atom is 0.246 e. The zero-order valence-corrected chi connectivity index (χ0v) is 13.0. The zero-order valence-electron chi connectivity index (χ0n) is 12.2. The average Bonchev–Trinajstić information content (AvgIpc) is 3.24. The van der Waals surface area contributed by atoms with Gasteiger partial charge >= 0.3 is 0 Å². The van der Waals surface area contributed by atoms with Gasteiger partial charge in [0.15, 0.2) is 0 Å². The Labute approximate surface area is 129 Å². The first-order valence-corrected chi connectivity index (χ1v) is 7.64. The molecule has 4 nitrogen and oxygen atoms in total. The lowest BCUT2D eigenvalue weighted by molar-refractivity contribution is -0.156. The lowest BCUT2D eigenvalue weighted by atomic mass is 9.93. The van der Waals surface area contributed by atoms with Gasteiger partial charge in [-0.2, -0.15) is 0 Å². The van der Waals surface area contributed by atoms with Crippen LogP contribution in [0.15, 0.2) is 24.3 Å². The summed E-state index contributed by atoms with van der Waals surface area (Å²) in [6.45, 7) is 3.98. The van der Waals surface area contributed by atoms with Crippen molar-refractivity contribution in [2.45, 2.75) is 44.8 Å². The normalized spacial score (nSPS) is 24.9. The van der Waals surface area contributed by atoms with E-state index in [0.717, 1.165) is 18.4 Å². The van der Waals surface area contributed by atoms with Gasteiger partial charge in [0.05, 0.1) is 0 Å². The van der Waals surface area contributed by atoms with Crippen LogP contribution in [-0.4, -0.2) is 28.3 Å². The van der Waals surface area contributed by atoms with Crippen molar-refractivity contribution in [3.63, 3.8) is 0 Å². The van der Waals surface area contributed by atoms with E-state index in [9.17, 15) is 9.59 Å². The number of hydrogen-bond donors (Lipinski definition) is 1. The molecule has 0 radical (unpaired) electrons. The number of benzene rings is 1. The van der Waals surface area contributed by atoms with Gasteiger partial charge in [-0.3, -0.25) is 9.59 Å². The second-order valence-corrected chi connectivity index (χ2v) is 6.84. The third kappa shape index (κ3) is 2.64. The number of nitrogens with zero attached hydrogens (tertiary/aromatic N) is 1. The van der Waals surface area contributed by atoms with E-state index in [2.05, 4.69) is 5.32 Å². The van der Waals surface area contributed by atoms with Crippen LogP contribution in [0, 0.1) is 5.92 Å². The Kier molecular flexibility index (Phi) is 3.44. The second-order valence-electron chi connectivity index (χ2n) is 6.40. The zero-order chi connectivity index (χ0) is 15.2. The number of amides is 2. The van der Waals surface area contributed by atoms with Crippen LogP contribution in [0.2, 0.25) is 5.02 Å². The number of halogens is 1. The number of carbonyl (C=O) groups is 2. The predicted molar refractivity (Wildman–Crippen MR) is 80.7 cm³/mol. The van der Waals surface area contributed by atoms with Crippen molar-refractivity contribution in [3.8, 4) is 0 Å². The monoisotopic (exact) mass is 306 g/mol. The Morgan fingerprint density at radius 3 is 2.67 bits per heavy atom. The number of piperazine rings is 1. The SMILES string of the molecule is CC1(C)C(=O)NC(C2CC2)C(=O)N1Cc1cccc(Cl)c1. The highest BCUT2D eigenvalue weighted by Crippen LogP contribution is 2.37. The van der Waals surface area contributed by atoms with Crippen molar-refractivity contribution in [2.24, 2.45) is 5.92 Å². The lowest BCUT2D eigenvalue weighted by Gasteiger charge is -2.44. The van der Waals surface area contributed by atoms with Gasteiger partial charge in [-0.15, -0.1) is 0 Å². The molecule has 2 fully saturated rings. The van der Waals surface area contributed by atoms with Crippen LogP contribution in [0.25, 0.3) is 0 Å². The molecule has 1 aliphatic heterocycles. The first-order chi connectivity index (χ1) is 9.89. The molecule has 1 atom stereocenters. The third-order valence-electron chi connectivity index (χ3n) is 4.37. The fraction of sp³-hybridized carbons (Fsp3) is 0.500. The summed E-state index contributed by atoms with van der Waals surface area (Å²) in [6.07, 6.45) is 2.03. The summed E-state index contributed by atoms with van der Waals surface area (Å²) >= 11 is 6.01. The van der Waals surface area contributed by atoms with Gasteiger partial charge in [0.25, 0.3) is 0 Å².